The molecule has 0 spiro atoms. The zero-order valence-electron chi connectivity index (χ0n) is 16.5. The Morgan fingerprint density at radius 2 is 1.56 bits per heavy atom. The third kappa shape index (κ3) is 7.07. The van der Waals surface area contributed by atoms with Gasteiger partial charge in [0.15, 0.2) is 0 Å². The lowest BCUT2D eigenvalue weighted by molar-refractivity contribution is -0.140. The molecule has 1 atom stereocenters. The molecule has 0 aromatic heterocycles. The number of benzene rings is 2. The first kappa shape index (κ1) is 28.4. The Balaban J connectivity index is 2.57. The summed E-state index contributed by atoms with van der Waals surface area (Å²) in [4.78, 5) is 10.3. The normalized spacial score (nSPS) is 13.6. The minimum atomic E-state index is -5.05. The van der Waals surface area contributed by atoms with Crippen molar-refractivity contribution in [3.8, 4) is 0 Å². The summed E-state index contributed by atoms with van der Waals surface area (Å²) in [7, 11) is 0. The lowest BCUT2D eigenvalue weighted by Crippen LogP contribution is -2.19. The number of hydrogen-bond donors (Lipinski definition) is 1. The van der Waals surface area contributed by atoms with Crippen molar-refractivity contribution < 1.29 is 40.6 Å². The summed E-state index contributed by atoms with van der Waals surface area (Å²) in [5.41, 5.74) is -3.35. The van der Waals surface area contributed by atoms with E-state index in [4.69, 9.17) is 52.1 Å². The van der Waals surface area contributed by atoms with Crippen LogP contribution in [0.25, 0.3) is 5.83 Å². The zero-order valence-corrected chi connectivity index (χ0v) is 19.6. The van der Waals surface area contributed by atoms with Gasteiger partial charge in [0.1, 0.15) is 11.7 Å². The summed E-state index contributed by atoms with van der Waals surface area (Å²) in [6.07, 6.45) is -10.9. The van der Waals surface area contributed by atoms with Gasteiger partial charge in [0.25, 0.3) is 0 Å². The van der Waals surface area contributed by atoms with Gasteiger partial charge in [0.2, 0.25) is 0 Å². The minimum Gasteiger partial charge on any atom is -0.481 e. The molecule has 0 aliphatic rings. The van der Waals surface area contributed by atoms with Crippen molar-refractivity contribution in [3.63, 3.8) is 0 Å². The monoisotopic (exact) mass is 566 g/mol. The van der Waals surface area contributed by atoms with E-state index in [1.54, 1.807) is 0 Å². The quantitative estimate of drug-likeness (QED) is 0.157. The maximum Gasteiger partial charge on any atom is 0.417 e. The second-order valence-electron chi connectivity index (χ2n) is 6.91. The molecule has 0 aliphatic heterocycles. The van der Waals surface area contributed by atoms with Gasteiger partial charge in [-0.15, -0.1) is 0 Å². The van der Waals surface area contributed by atoms with E-state index in [1.165, 1.54) is 0 Å². The van der Waals surface area contributed by atoms with E-state index in [2.05, 4.69) is 0 Å². The van der Waals surface area contributed by atoms with Crippen LogP contribution in [0.3, 0.4) is 0 Å². The van der Waals surface area contributed by atoms with Crippen LogP contribution in [0.2, 0.25) is 15.1 Å². The molecule has 0 saturated carbocycles. The molecule has 0 aliphatic carbocycles. The maximum atomic E-state index is 14.8. The molecule has 2 aromatic carbocycles. The molecule has 0 bridgehead atoms. The van der Waals surface area contributed by atoms with Crippen LogP contribution in [0, 0.1) is 0 Å². The highest BCUT2D eigenvalue weighted by Gasteiger charge is 2.41. The molecule has 0 radical (unpaired) electrons. The van der Waals surface area contributed by atoms with Crippen LogP contribution in [-0.2, 0) is 11.0 Å². The fourth-order valence-electron chi connectivity index (χ4n) is 2.90. The van der Waals surface area contributed by atoms with Crippen molar-refractivity contribution in [2.75, 3.05) is 0 Å². The fourth-order valence-corrected chi connectivity index (χ4v) is 3.80. The summed E-state index contributed by atoms with van der Waals surface area (Å²) in [6, 6.07) is 3.56. The second-order valence-corrected chi connectivity index (χ2v) is 8.59. The molecule has 0 fully saturated rings. The molecule has 0 saturated heterocycles. The molecule has 1 N–H and O–H groups in total. The summed E-state index contributed by atoms with van der Waals surface area (Å²) in [6.45, 7) is 0. The van der Waals surface area contributed by atoms with Crippen LogP contribution in [-0.4, -0.2) is 22.1 Å². The minimum absolute atomic E-state index is 0.0911. The number of alkyl halides is 6. The SMILES string of the molecule is O=C(O)CCC(=S)c1ccc(/C(F)=C/C(c2cc(Cl)c(Cl)c(Cl)c2)C(F)(F)F)cc1C(F)(F)F. The first-order valence-corrected chi connectivity index (χ1v) is 10.6. The number of thiocarbonyl (C=S) groups is 1. The average Bonchev–Trinajstić information content (AvgIpc) is 2.71. The van der Waals surface area contributed by atoms with Gasteiger partial charge in [-0.25, -0.2) is 4.39 Å². The number of aliphatic carboxylic acids is 1. The van der Waals surface area contributed by atoms with Crippen molar-refractivity contribution in [1.82, 2.24) is 0 Å². The van der Waals surface area contributed by atoms with Gasteiger partial charge in [0, 0.05) is 16.0 Å². The highest BCUT2D eigenvalue weighted by Crippen LogP contribution is 2.43. The van der Waals surface area contributed by atoms with Gasteiger partial charge in [-0.2, -0.15) is 26.3 Å². The van der Waals surface area contributed by atoms with Gasteiger partial charge in [-0.05, 0) is 36.3 Å². The zero-order chi connectivity index (χ0) is 26.0. The molecular weight excluding hydrogens is 556 g/mol. The van der Waals surface area contributed by atoms with Crippen LogP contribution < -0.4 is 0 Å². The van der Waals surface area contributed by atoms with Gasteiger partial charge in [0.05, 0.1) is 27.1 Å². The molecule has 34 heavy (non-hydrogen) atoms. The second kappa shape index (κ2) is 10.8. The molecular formula is C21H12Cl3F7O2S. The van der Waals surface area contributed by atoms with Crippen LogP contribution in [0.4, 0.5) is 30.7 Å². The predicted octanol–water partition coefficient (Wildman–Crippen LogP) is 8.90. The Labute approximate surface area is 208 Å². The van der Waals surface area contributed by atoms with Crippen LogP contribution in [0.15, 0.2) is 36.4 Å². The summed E-state index contributed by atoms with van der Waals surface area (Å²) in [5.74, 6) is -5.49. The molecule has 1 unspecified atom stereocenters. The Morgan fingerprint density at radius 1 is 1.00 bits per heavy atom. The topological polar surface area (TPSA) is 37.3 Å². The summed E-state index contributed by atoms with van der Waals surface area (Å²) < 4.78 is 96.5. The smallest absolute Gasteiger partial charge is 0.417 e. The fraction of sp³-hybridized carbons (Fsp3) is 0.238. The Hall–Kier alpha value is -1.88. The predicted molar refractivity (Wildman–Crippen MR) is 119 cm³/mol. The molecule has 2 rings (SSSR count). The van der Waals surface area contributed by atoms with Gasteiger partial charge in [-0.3, -0.25) is 4.79 Å². The number of carbonyl (C=O) groups is 1. The van der Waals surface area contributed by atoms with Crippen molar-refractivity contribution in [2.45, 2.75) is 31.1 Å². The number of carboxylic acids is 1. The van der Waals surface area contributed by atoms with Crippen LogP contribution >= 0.6 is 47.0 Å². The number of carboxylic acid groups (broad SMARTS) is 1. The van der Waals surface area contributed by atoms with Crippen molar-refractivity contribution in [3.05, 3.63) is 73.7 Å². The highest BCUT2D eigenvalue weighted by atomic mass is 35.5. The van der Waals surface area contributed by atoms with Gasteiger partial charge >= 0.3 is 18.3 Å². The van der Waals surface area contributed by atoms with E-state index < -0.39 is 58.7 Å². The number of hydrogen-bond acceptors (Lipinski definition) is 2. The molecule has 2 aromatic rings. The molecule has 184 valence electrons. The van der Waals surface area contributed by atoms with Gasteiger partial charge < -0.3 is 5.11 Å². The summed E-state index contributed by atoms with van der Waals surface area (Å²) in [5, 5.41) is 7.82. The van der Waals surface area contributed by atoms with E-state index in [0.717, 1.165) is 24.3 Å². The number of halogens is 10. The lowest BCUT2D eigenvalue weighted by atomic mass is 9.94. The largest absolute Gasteiger partial charge is 0.481 e. The average molecular weight is 568 g/mol. The first-order chi connectivity index (χ1) is 15.5. The Bertz CT molecular complexity index is 1120. The Kier molecular flexibility index (Phi) is 9.01. The molecule has 13 heteroatoms. The standard InChI is InChI=1S/C21H12Cl3F7O2S/c22-14-6-10(7-15(23)19(14)24)12(20(26,27)28)8-16(25)9-1-2-11(13(5-9)21(29,30)31)17(34)3-4-18(32)33/h1-2,5-8,12H,3-4H2,(H,32,33)/b16-8-. The van der Waals surface area contributed by atoms with E-state index in [9.17, 15) is 35.5 Å². The van der Waals surface area contributed by atoms with E-state index in [-0.39, 0.29) is 32.4 Å². The Morgan fingerprint density at radius 3 is 2.03 bits per heavy atom. The van der Waals surface area contributed by atoms with Crippen LogP contribution in [0.5, 0.6) is 0 Å². The third-order valence-corrected chi connectivity index (χ3v) is 6.12. The van der Waals surface area contributed by atoms with Crippen molar-refractivity contribution in [2.24, 2.45) is 0 Å². The highest BCUT2D eigenvalue weighted by molar-refractivity contribution is 7.80. The maximum absolute atomic E-state index is 14.8. The molecule has 0 amide bonds. The van der Waals surface area contributed by atoms with Crippen molar-refractivity contribution >= 4 is 63.7 Å². The van der Waals surface area contributed by atoms with Crippen LogP contribution in [0.1, 0.15) is 41.0 Å². The first-order valence-electron chi connectivity index (χ1n) is 9.07. The van der Waals surface area contributed by atoms with Crippen molar-refractivity contribution in [1.29, 1.82) is 0 Å². The number of rotatable bonds is 7. The lowest BCUT2D eigenvalue weighted by Gasteiger charge is -2.19. The van der Waals surface area contributed by atoms with E-state index >= 15 is 0 Å². The summed E-state index contributed by atoms with van der Waals surface area (Å²) >= 11 is 22.1. The van der Waals surface area contributed by atoms with E-state index in [1.807, 2.05) is 0 Å². The molecule has 0 heterocycles. The number of allylic oxidation sites excluding steroid dienone is 1. The molecule has 2 nitrogen and oxygen atoms in total. The van der Waals surface area contributed by atoms with Gasteiger partial charge in [-0.1, -0.05) is 59.2 Å². The van der Waals surface area contributed by atoms with E-state index in [0.29, 0.717) is 6.07 Å². The third-order valence-electron chi connectivity index (χ3n) is 4.50.